The minimum atomic E-state index is -0.582. The summed E-state index contributed by atoms with van der Waals surface area (Å²) in [6.45, 7) is 0. The van der Waals surface area contributed by atoms with E-state index in [2.05, 4.69) is 16.2 Å². The highest BCUT2D eigenvalue weighted by molar-refractivity contribution is 6.30. The zero-order valence-electron chi connectivity index (χ0n) is 17.3. The Morgan fingerprint density at radius 2 is 1.70 bits per heavy atom. The van der Waals surface area contributed by atoms with E-state index < -0.39 is 6.04 Å². The number of amides is 1. The number of benzene rings is 3. The van der Waals surface area contributed by atoms with E-state index in [9.17, 15) is 14.7 Å². The van der Waals surface area contributed by atoms with Crippen molar-refractivity contribution >= 4 is 39.9 Å². The standard InChI is InChI=1S/C25H20ClN3O4/c26-15-11-9-14(10-12-15)23(31)24-22(17-6-2-4-8-21(17)33-24)27-25(32)19-13-18(28-29-19)16-5-1-3-7-20(16)30/h1-12,18-19,28-30H,13H2,(H,27,32). The summed E-state index contributed by atoms with van der Waals surface area (Å²) in [5.41, 5.74) is 7.95. The maximum absolute atomic E-state index is 13.2. The molecule has 1 aromatic heterocycles. The third kappa shape index (κ3) is 4.09. The molecule has 7 nitrogen and oxygen atoms in total. The molecule has 5 rings (SSSR count). The summed E-state index contributed by atoms with van der Waals surface area (Å²) in [4.78, 5) is 26.3. The predicted octanol–water partition coefficient (Wildman–Crippen LogP) is 4.57. The molecule has 1 fully saturated rings. The number of carbonyl (C=O) groups is 2. The number of phenolic OH excluding ortho intramolecular Hbond substituents is 1. The molecule has 1 aliphatic rings. The van der Waals surface area contributed by atoms with Crippen LogP contribution >= 0.6 is 11.6 Å². The lowest BCUT2D eigenvalue weighted by Crippen LogP contribution is -2.39. The summed E-state index contributed by atoms with van der Waals surface area (Å²) in [6.07, 6.45) is 0.416. The number of rotatable bonds is 5. The van der Waals surface area contributed by atoms with Gasteiger partial charge in [-0.25, -0.2) is 10.9 Å². The summed E-state index contributed by atoms with van der Waals surface area (Å²) < 4.78 is 5.85. The number of furan rings is 1. The van der Waals surface area contributed by atoms with E-state index in [1.54, 1.807) is 60.7 Å². The molecule has 166 valence electrons. The number of hydrogen-bond donors (Lipinski definition) is 4. The van der Waals surface area contributed by atoms with E-state index in [4.69, 9.17) is 16.0 Å². The lowest BCUT2D eigenvalue weighted by molar-refractivity contribution is -0.117. The minimum absolute atomic E-state index is 0.0510. The van der Waals surface area contributed by atoms with Crippen molar-refractivity contribution in [2.45, 2.75) is 18.5 Å². The second-order valence-corrected chi connectivity index (χ2v) is 8.25. The summed E-state index contributed by atoms with van der Waals surface area (Å²) in [5.74, 6) is -0.468. The Morgan fingerprint density at radius 1 is 0.970 bits per heavy atom. The van der Waals surface area contributed by atoms with E-state index >= 15 is 0 Å². The number of aromatic hydroxyl groups is 1. The van der Waals surface area contributed by atoms with Gasteiger partial charge < -0.3 is 14.8 Å². The van der Waals surface area contributed by atoms with Gasteiger partial charge in [0.2, 0.25) is 11.7 Å². The third-order valence-corrected chi connectivity index (χ3v) is 5.94. The highest BCUT2D eigenvalue weighted by Crippen LogP contribution is 2.34. The number of phenols is 1. The highest BCUT2D eigenvalue weighted by Gasteiger charge is 2.33. The lowest BCUT2D eigenvalue weighted by atomic mass is 10.0. The van der Waals surface area contributed by atoms with E-state index in [0.717, 1.165) is 0 Å². The van der Waals surface area contributed by atoms with Gasteiger partial charge in [0.25, 0.3) is 0 Å². The largest absolute Gasteiger partial charge is 0.508 e. The van der Waals surface area contributed by atoms with Crippen LogP contribution in [0.1, 0.15) is 34.1 Å². The monoisotopic (exact) mass is 461 g/mol. The molecule has 2 atom stereocenters. The Labute approximate surface area is 194 Å². The van der Waals surface area contributed by atoms with E-state index in [1.165, 1.54) is 0 Å². The zero-order valence-corrected chi connectivity index (χ0v) is 18.1. The number of para-hydroxylation sites is 2. The first-order valence-corrected chi connectivity index (χ1v) is 10.8. The number of hydrogen-bond acceptors (Lipinski definition) is 6. The van der Waals surface area contributed by atoms with Crippen LogP contribution in [0.2, 0.25) is 5.02 Å². The van der Waals surface area contributed by atoms with Crippen LogP contribution < -0.4 is 16.2 Å². The van der Waals surface area contributed by atoms with Gasteiger partial charge in [-0.05, 0) is 48.9 Å². The van der Waals surface area contributed by atoms with Crippen molar-refractivity contribution in [2.24, 2.45) is 0 Å². The number of halogens is 1. The van der Waals surface area contributed by atoms with Crippen LogP contribution in [0.4, 0.5) is 5.69 Å². The molecule has 0 spiro atoms. The Kier molecular flexibility index (Phi) is 5.60. The number of fused-ring (bicyclic) bond motifs is 1. The highest BCUT2D eigenvalue weighted by atomic mass is 35.5. The van der Waals surface area contributed by atoms with Gasteiger partial charge in [-0.2, -0.15) is 0 Å². The first kappa shape index (κ1) is 21.2. The van der Waals surface area contributed by atoms with Gasteiger partial charge in [-0.3, -0.25) is 9.59 Å². The fraction of sp³-hybridized carbons (Fsp3) is 0.120. The second kappa shape index (κ2) is 8.71. The summed E-state index contributed by atoms with van der Waals surface area (Å²) in [6, 6.07) is 19.8. The molecule has 0 aliphatic carbocycles. The summed E-state index contributed by atoms with van der Waals surface area (Å²) in [5, 5.41) is 14.1. The molecular weight excluding hydrogens is 442 g/mol. The molecule has 4 N–H and O–H groups in total. The SMILES string of the molecule is O=C(c1ccc(Cl)cc1)c1oc2ccccc2c1NC(=O)C1CC(c2ccccc2O)NN1. The quantitative estimate of drug-likeness (QED) is 0.325. The molecule has 8 heteroatoms. The molecule has 4 aromatic rings. The lowest BCUT2D eigenvalue weighted by Gasteiger charge is -2.12. The molecule has 3 aromatic carbocycles. The van der Waals surface area contributed by atoms with Crippen LogP contribution in [-0.2, 0) is 4.79 Å². The normalized spacial score (nSPS) is 17.8. The van der Waals surface area contributed by atoms with E-state index in [0.29, 0.717) is 39.2 Å². The molecule has 0 radical (unpaired) electrons. The van der Waals surface area contributed by atoms with Gasteiger partial charge >= 0.3 is 0 Å². The van der Waals surface area contributed by atoms with Crippen LogP contribution in [0.25, 0.3) is 11.0 Å². The molecule has 2 unspecified atom stereocenters. The van der Waals surface area contributed by atoms with E-state index in [-0.39, 0.29) is 29.2 Å². The van der Waals surface area contributed by atoms with Gasteiger partial charge in [-0.15, -0.1) is 0 Å². The topological polar surface area (TPSA) is 104 Å². The zero-order chi connectivity index (χ0) is 22.9. The Bertz CT molecular complexity index is 1350. The average Bonchev–Trinajstić information content (AvgIpc) is 3.45. The van der Waals surface area contributed by atoms with Crippen LogP contribution in [0, 0.1) is 0 Å². The Hall–Kier alpha value is -3.65. The van der Waals surface area contributed by atoms with Gasteiger partial charge in [0.15, 0.2) is 5.76 Å². The van der Waals surface area contributed by atoms with Crippen molar-refractivity contribution in [2.75, 3.05) is 5.32 Å². The molecule has 1 amide bonds. The van der Waals surface area contributed by atoms with Gasteiger partial charge in [0.05, 0.1) is 11.7 Å². The van der Waals surface area contributed by atoms with Gasteiger partial charge in [-0.1, -0.05) is 41.9 Å². The van der Waals surface area contributed by atoms with Crippen LogP contribution in [0.3, 0.4) is 0 Å². The van der Waals surface area contributed by atoms with Crippen molar-refractivity contribution in [3.8, 4) is 5.75 Å². The number of nitrogens with one attached hydrogen (secondary N) is 3. The van der Waals surface area contributed by atoms with Crippen LogP contribution in [0.5, 0.6) is 5.75 Å². The Balaban J connectivity index is 1.42. The maximum atomic E-state index is 13.2. The van der Waals surface area contributed by atoms with Crippen molar-refractivity contribution < 1.29 is 19.1 Å². The van der Waals surface area contributed by atoms with Gasteiger partial charge in [0.1, 0.15) is 17.4 Å². The number of ketones is 1. The van der Waals surface area contributed by atoms with Crippen LogP contribution in [0.15, 0.2) is 77.2 Å². The average molecular weight is 462 g/mol. The molecule has 0 bridgehead atoms. The molecule has 1 aliphatic heterocycles. The fourth-order valence-corrected chi connectivity index (χ4v) is 4.11. The minimum Gasteiger partial charge on any atom is -0.508 e. The summed E-state index contributed by atoms with van der Waals surface area (Å²) >= 11 is 5.94. The molecule has 1 saturated heterocycles. The predicted molar refractivity (Wildman–Crippen MR) is 125 cm³/mol. The smallest absolute Gasteiger partial charge is 0.243 e. The summed E-state index contributed by atoms with van der Waals surface area (Å²) in [7, 11) is 0. The van der Waals surface area contributed by atoms with Crippen molar-refractivity contribution in [1.82, 2.24) is 10.9 Å². The number of hydrazine groups is 1. The van der Waals surface area contributed by atoms with E-state index in [1.807, 2.05) is 12.1 Å². The fourth-order valence-electron chi connectivity index (χ4n) is 3.99. The maximum Gasteiger partial charge on any atom is 0.243 e. The number of carbonyl (C=O) groups excluding carboxylic acids is 2. The van der Waals surface area contributed by atoms with Gasteiger partial charge in [0, 0.05) is 21.5 Å². The second-order valence-electron chi connectivity index (χ2n) is 7.82. The molecule has 33 heavy (non-hydrogen) atoms. The molecular formula is C25H20ClN3O4. The van der Waals surface area contributed by atoms with Crippen molar-refractivity contribution in [3.63, 3.8) is 0 Å². The number of anilines is 1. The molecule has 2 heterocycles. The Morgan fingerprint density at radius 3 is 2.48 bits per heavy atom. The first-order chi connectivity index (χ1) is 16.0. The first-order valence-electron chi connectivity index (χ1n) is 10.4. The third-order valence-electron chi connectivity index (χ3n) is 5.69. The van der Waals surface area contributed by atoms with Crippen molar-refractivity contribution in [3.05, 3.63) is 94.7 Å². The molecule has 0 saturated carbocycles. The van der Waals surface area contributed by atoms with Crippen LogP contribution in [-0.4, -0.2) is 22.8 Å². The van der Waals surface area contributed by atoms with Crippen molar-refractivity contribution in [1.29, 1.82) is 0 Å².